The number of rotatable bonds is 14. The molecule has 22 heavy (non-hydrogen) atoms. The molecule has 0 bridgehead atoms. The van der Waals surface area contributed by atoms with E-state index in [0.717, 1.165) is 45.6 Å². The number of hydrogen-bond donors (Lipinski definition) is 3. The Labute approximate surface area is 138 Å². The van der Waals surface area contributed by atoms with Crippen molar-refractivity contribution in [2.45, 2.75) is 78.2 Å². The molecule has 134 valence electrons. The van der Waals surface area contributed by atoms with E-state index >= 15 is 0 Å². The molecule has 0 aliphatic carbocycles. The predicted molar refractivity (Wildman–Crippen MR) is 96.9 cm³/mol. The van der Waals surface area contributed by atoms with Crippen LogP contribution >= 0.6 is 0 Å². The van der Waals surface area contributed by atoms with E-state index < -0.39 is 0 Å². The van der Waals surface area contributed by atoms with Gasteiger partial charge in [-0.3, -0.25) is 0 Å². The topological polar surface area (TPSA) is 75.5 Å². The zero-order chi connectivity index (χ0) is 16.8. The number of aliphatic hydroxyl groups excluding tert-OH is 1. The second-order valence-electron chi connectivity index (χ2n) is 7.59. The lowest BCUT2D eigenvalue weighted by Gasteiger charge is -2.32. The van der Waals surface area contributed by atoms with Crippen LogP contribution < -0.4 is 11.5 Å². The molecule has 0 amide bonds. The average Bonchev–Trinajstić information content (AvgIpc) is 2.45. The largest absolute Gasteiger partial charge is 0.391 e. The van der Waals surface area contributed by atoms with Gasteiger partial charge in [0.2, 0.25) is 0 Å². The van der Waals surface area contributed by atoms with E-state index in [2.05, 4.69) is 25.7 Å². The van der Waals surface area contributed by atoms with Crippen molar-refractivity contribution >= 4 is 0 Å². The summed E-state index contributed by atoms with van der Waals surface area (Å²) in [6.07, 6.45) is 9.34. The number of aliphatic hydroxyl groups is 1. The molecule has 1 atom stereocenters. The number of nitrogens with two attached hydrogens (primary N) is 2. The standard InChI is InChI=1S/C18H41N3O/c1-18(2,3)17(22)16-21(14-10-6-4-8-12-19)15-11-7-5-9-13-20/h17,22H,4-16,19-20H2,1-3H3. The molecular weight excluding hydrogens is 274 g/mol. The van der Waals surface area contributed by atoms with E-state index in [1.165, 1.54) is 38.5 Å². The van der Waals surface area contributed by atoms with Gasteiger partial charge in [0.05, 0.1) is 6.10 Å². The molecule has 0 saturated carbocycles. The van der Waals surface area contributed by atoms with Crippen molar-refractivity contribution in [3.05, 3.63) is 0 Å². The van der Waals surface area contributed by atoms with Crippen LogP contribution in [0.1, 0.15) is 72.1 Å². The molecule has 5 N–H and O–H groups in total. The summed E-state index contributed by atoms with van der Waals surface area (Å²) in [6.45, 7) is 10.9. The molecule has 0 radical (unpaired) electrons. The molecule has 0 fully saturated rings. The second kappa shape index (κ2) is 13.3. The molecule has 0 spiro atoms. The van der Waals surface area contributed by atoms with Crippen LogP contribution in [-0.4, -0.2) is 48.8 Å². The summed E-state index contributed by atoms with van der Waals surface area (Å²) in [5, 5.41) is 10.4. The molecule has 0 aromatic heterocycles. The third-order valence-electron chi connectivity index (χ3n) is 4.29. The number of unbranched alkanes of at least 4 members (excludes halogenated alkanes) is 6. The normalized spacial score (nSPS) is 13.8. The van der Waals surface area contributed by atoms with Gasteiger partial charge in [0, 0.05) is 6.54 Å². The molecular formula is C18H41N3O. The maximum absolute atomic E-state index is 10.4. The van der Waals surface area contributed by atoms with E-state index in [-0.39, 0.29) is 11.5 Å². The summed E-state index contributed by atoms with van der Waals surface area (Å²) < 4.78 is 0. The summed E-state index contributed by atoms with van der Waals surface area (Å²) in [5.74, 6) is 0. The Kier molecular flexibility index (Phi) is 13.2. The Morgan fingerprint density at radius 1 is 0.773 bits per heavy atom. The molecule has 0 aliphatic rings. The molecule has 1 unspecified atom stereocenters. The van der Waals surface area contributed by atoms with Crippen LogP contribution in [0, 0.1) is 5.41 Å². The van der Waals surface area contributed by atoms with E-state index in [0.29, 0.717) is 0 Å². The van der Waals surface area contributed by atoms with Crippen LogP contribution in [0.3, 0.4) is 0 Å². The monoisotopic (exact) mass is 315 g/mol. The lowest BCUT2D eigenvalue weighted by Crippen LogP contribution is -2.40. The molecule has 0 heterocycles. The summed E-state index contributed by atoms with van der Waals surface area (Å²) in [6, 6.07) is 0. The third kappa shape index (κ3) is 12.4. The van der Waals surface area contributed by atoms with E-state index in [4.69, 9.17) is 11.5 Å². The van der Waals surface area contributed by atoms with Gasteiger partial charge in [-0.2, -0.15) is 0 Å². The fourth-order valence-corrected chi connectivity index (χ4v) is 2.48. The van der Waals surface area contributed by atoms with Gasteiger partial charge < -0.3 is 21.5 Å². The van der Waals surface area contributed by atoms with Gasteiger partial charge in [-0.1, -0.05) is 46.5 Å². The highest BCUT2D eigenvalue weighted by molar-refractivity contribution is 4.76. The van der Waals surface area contributed by atoms with Crippen LogP contribution in [0.4, 0.5) is 0 Å². The minimum Gasteiger partial charge on any atom is -0.391 e. The van der Waals surface area contributed by atoms with Gasteiger partial charge in [-0.25, -0.2) is 0 Å². The fourth-order valence-electron chi connectivity index (χ4n) is 2.48. The Morgan fingerprint density at radius 3 is 1.55 bits per heavy atom. The SMILES string of the molecule is CC(C)(C)C(O)CN(CCCCCCN)CCCCCCN. The number of hydrogen-bond acceptors (Lipinski definition) is 4. The van der Waals surface area contributed by atoms with Gasteiger partial charge in [0.15, 0.2) is 0 Å². The van der Waals surface area contributed by atoms with Crippen molar-refractivity contribution in [3.63, 3.8) is 0 Å². The van der Waals surface area contributed by atoms with E-state index in [1.54, 1.807) is 0 Å². The quantitative estimate of drug-likeness (QED) is 0.431. The Hall–Kier alpha value is -0.160. The predicted octanol–water partition coefficient (Wildman–Crippen LogP) is 2.73. The van der Waals surface area contributed by atoms with Crippen molar-refractivity contribution in [3.8, 4) is 0 Å². The smallest absolute Gasteiger partial charge is 0.0715 e. The van der Waals surface area contributed by atoms with Crippen LogP contribution in [-0.2, 0) is 0 Å². The van der Waals surface area contributed by atoms with Gasteiger partial charge in [-0.05, 0) is 57.3 Å². The zero-order valence-electron chi connectivity index (χ0n) is 15.3. The summed E-state index contributed by atoms with van der Waals surface area (Å²) in [4.78, 5) is 2.45. The zero-order valence-corrected chi connectivity index (χ0v) is 15.3. The van der Waals surface area contributed by atoms with Gasteiger partial charge >= 0.3 is 0 Å². The molecule has 4 heteroatoms. The van der Waals surface area contributed by atoms with Crippen molar-refractivity contribution in [1.82, 2.24) is 4.90 Å². The highest BCUT2D eigenvalue weighted by atomic mass is 16.3. The van der Waals surface area contributed by atoms with Crippen LogP contribution in [0.15, 0.2) is 0 Å². The first-order valence-electron chi connectivity index (χ1n) is 9.22. The number of nitrogens with zero attached hydrogens (tertiary/aromatic N) is 1. The molecule has 0 aliphatic heterocycles. The maximum Gasteiger partial charge on any atom is 0.0715 e. The first-order valence-corrected chi connectivity index (χ1v) is 9.22. The second-order valence-corrected chi connectivity index (χ2v) is 7.59. The first kappa shape index (κ1) is 21.8. The fraction of sp³-hybridized carbons (Fsp3) is 1.00. The van der Waals surface area contributed by atoms with Crippen LogP contribution in [0.2, 0.25) is 0 Å². The summed E-state index contributed by atoms with van der Waals surface area (Å²) in [7, 11) is 0. The lowest BCUT2D eigenvalue weighted by atomic mass is 9.89. The summed E-state index contributed by atoms with van der Waals surface area (Å²) in [5.41, 5.74) is 11.0. The average molecular weight is 316 g/mol. The molecule has 0 saturated heterocycles. The summed E-state index contributed by atoms with van der Waals surface area (Å²) >= 11 is 0. The molecule has 0 rings (SSSR count). The maximum atomic E-state index is 10.4. The minimum atomic E-state index is -0.263. The molecule has 0 aromatic rings. The Bertz CT molecular complexity index is 227. The van der Waals surface area contributed by atoms with Gasteiger partial charge in [0.1, 0.15) is 0 Å². The third-order valence-corrected chi connectivity index (χ3v) is 4.29. The van der Waals surface area contributed by atoms with Crippen LogP contribution in [0.5, 0.6) is 0 Å². The highest BCUT2D eigenvalue weighted by Gasteiger charge is 2.24. The van der Waals surface area contributed by atoms with E-state index in [9.17, 15) is 5.11 Å². The van der Waals surface area contributed by atoms with Crippen molar-refractivity contribution < 1.29 is 5.11 Å². The first-order chi connectivity index (χ1) is 10.4. The van der Waals surface area contributed by atoms with Crippen molar-refractivity contribution in [2.24, 2.45) is 16.9 Å². The van der Waals surface area contributed by atoms with Gasteiger partial charge in [-0.15, -0.1) is 0 Å². The highest BCUT2D eigenvalue weighted by Crippen LogP contribution is 2.20. The Balaban J connectivity index is 4.07. The van der Waals surface area contributed by atoms with Crippen molar-refractivity contribution in [1.29, 1.82) is 0 Å². The van der Waals surface area contributed by atoms with Crippen molar-refractivity contribution in [2.75, 3.05) is 32.7 Å². The molecule has 4 nitrogen and oxygen atoms in total. The minimum absolute atomic E-state index is 0.0443. The lowest BCUT2D eigenvalue weighted by molar-refractivity contribution is 0.0274. The van der Waals surface area contributed by atoms with E-state index in [1.807, 2.05) is 0 Å². The van der Waals surface area contributed by atoms with Gasteiger partial charge in [0.25, 0.3) is 0 Å². The Morgan fingerprint density at radius 2 is 1.18 bits per heavy atom. The van der Waals surface area contributed by atoms with Crippen LogP contribution in [0.25, 0.3) is 0 Å². The molecule has 0 aromatic carbocycles.